The summed E-state index contributed by atoms with van der Waals surface area (Å²) in [4.78, 5) is 10.6. The molecule has 0 aromatic heterocycles. The maximum atomic E-state index is 10.6. The average molecular weight is 210 g/mol. The average Bonchev–Trinajstić information content (AvgIpc) is 2.16. The van der Waals surface area contributed by atoms with E-state index in [2.05, 4.69) is 6.92 Å². The molecule has 0 aliphatic heterocycles. The Morgan fingerprint density at radius 2 is 1.57 bits per heavy atom. The molecule has 0 heterocycles. The number of unbranched alkanes of at least 4 members (excludes halogenated alkanes) is 6. The van der Waals surface area contributed by atoms with Crippen LogP contribution in [0.15, 0.2) is 0 Å². The summed E-state index contributed by atoms with van der Waals surface area (Å²) in [5.41, 5.74) is 1.64. The van der Waals surface area contributed by atoms with E-state index in [1.165, 1.54) is 32.1 Å². The Morgan fingerprint density at radius 1 is 1.07 bits per heavy atom. The summed E-state index contributed by atoms with van der Waals surface area (Å²) in [7, 11) is 0. The van der Waals surface area contributed by atoms with Gasteiger partial charge < -0.3 is 0 Å². The maximum Gasteiger partial charge on any atom is 0.243 e. The van der Waals surface area contributed by atoms with Gasteiger partial charge in [-0.15, -0.1) is 0 Å². The Morgan fingerprint density at radius 3 is 2.07 bits per heavy atom. The van der Waals surface area contributed by atoms with E-state index in [1.807, 2.05) is 0 Å². The van der Waals surface area contributed by atoms with E-state index >= 15 is 0 Å². The molecule has 0 aromatic rings. The van der Waals surface area contributed by atoms with Crippen LogP contribution in [-0.2, 0) is 4.79 Å². The monoisotopic (exact) mass is 210 g/mol. The number of nitrogens with one attached hydrogen (secondary N) is 1. The molecular formula is C10H21NNaO2. The van der Waals surface area contributed by atoms with E-state index in [9.17, 15) is 4.79 Å². The van der Waals surface area contributed by atoms with E-state index in [0.717, 1.165) is 12.8 Å². The number of hydroxylamine groups is 1. The molecule has 0 rings (SSSR count). The van der Waals surface area contributed by atoms with E-state index in [1.54, 1.807) is 5.48 Å². The topological polar surface area (TPSA) is 49.3 Å². The number of carbonyl (C=O) groups is 1. The number of carbonyl (C=O) groups excluding carboxylic acids is 1. The summed E-state index contributed by atoms with van der Waals surface area (Å²) in [6.07, 6.45) is 8.81. The van der Waals surface area contributed by atoms with Gasteiger partial charge in [0.15, 0.2) is 0 Å². The van der Waals surface area contributed by atoms with Gasteiger partial charge in [0.25, 0.3) is 0 Å². The van der Waals surface area contributed by atoms with Gasteiger partial charge in [-0.1, -0.05) is 45.4 Å². The van der Waals surface area contributed by atoms with Gasteiger partial charge in [-0.3, -0.25) is 10.0 Å². The molecule has 1 amide bonds. The zero-order chi connectivity index (χ0) is 9.94. The summed E-state index contributed by atoms with van der Waals surface area (Å²) in [6.45, 7) is 2.20. The Bertz CT molecular complexity index is 131. The van der Waals surface area contributed by atoms with Crippen LogP contribution in [0.4, 0.5) is 0 Å². The fourth-order valence-corrected chi connectivity index (χ4v) is 1.30. The normalized spacial score (nSPS) is 9.29. The third-order valence-electron chi connectivity index (χ3n) is 2.13. The van der Waals surface area contributed by atoms with Crippen molar-refractivity contribution in [3.63, 3.8) is 0 Å². The molecule has 14 heavy (non-hydrogen) atoms. The number of rotatable bonds is 8. The Balaban J connectivity index is 0. The van der Waals surface area contributed by atoms with Gasteiger partial charge in [-0.05, 0) is 6.42 Å². The largest absolute Gasteiger partial charge is 0.289 e. The van der Waals surface area contributed by atoms with Gasteiger partial charge in [-0.25, -0.2) is 5.48 Å². The molecule has 0 spiro atoms. The zero-order valence-electron chi connectivity index (χ0n) is 9.51. The molecule has 0 aliphatic carbocycles. The molecule has 0 saturated heterocycles. The summed E-state index contributed by atoms with van der Waals surface area (Å²) in [6, 6.07) is 0. The molecule has 1 radical (unpaired) electrons. The molecular weight excluding hydrogens is 189 g/mol. The molecule has 3 nitrogen and oxygen atoms in total. The third-order valence-corrected chi connectivity index (χ3v) is 2.13. The van der Waals surface area contributed by atoms with Crippen molar-refractivity contribution in [2.45, 2.75) is 58.3 Å². The van der Waals surface area contributed by atoms with E-state index < -0.39 is 0 Å². The van der Waals surface area contributed by atoms with Crippen molar-refractivity contribution >= 4 is 35.5 Å². The number of amides is 1. The molecule has 0 atom stereocenters. The first-order valence-electron chi connectivity index (χ1n) is 5.24. The molecule has 79 valence electrons. The molecule has 0 fully saturated rings. The second kappa shape index (κ2) is 13.4. The van der Waals surface area contributed by atoms with E-state index in [4.69, 9.17) is 5.21 Å². The number of hydrogen-bond donors (Lipinski definition) is 2. The minimum absolute atomic E-state index is 0. The minimum Gasteiger partial charge on any atom is -0.289 e. The quantitative estimate of drug-likeness (QED) is 0.279. The molecule has 4 heteroatoms. The first-order chi connectivity index (χ1) is 6.31. The van der Waals surface area contributed by atoms with Crippen LogP contribution in [0.25, 0.3) is 0 Å². The van der Waals surface area contributed by atoms with Gasteiger partial charge in [0.2, 0.25) is 5.91 Å². The third kappa shape index (κ3) is 12.4. The first kappa shape index (κ1) is 16.8. The molecule has 0 aliphatic rings. The Kier molecular flexibility index (Phi) is 16.2. The SMILES string of the molecule is CCCCCCCCCC(=O)NO.[Na]. The number of hydrogen-bond acceptors (Lipinski definition) is 2. The van der Waals surface area contributed by atoms with Crippen LogP contribution in [0.3, 0.4) is 0 Å². The van der Waals surface area contributed by atoms with Crippen LogP contribution in [0.2, 0.25) is 0 Å². The van der Waals surface area contributed by atoms with Crippen molar-refractivity contribution in [3.8, 4) is 0 Å². The van der Waals surface area contributed by atoms with Crippen molar-refractivity contribution in [2.75, 3.05) is 0 Å². The van der Waals surface area contributed by atoms with Crippen LogP contribution in [0, 0.1) is 0 Å². The van der Waals surface area contributed by atoms with Crippen molar-refractivity contribution < 1.29 is 10.0 Å². The van der Waals surface area contributed by atoms with Crippen LogP contribution in [0.1, 0.15) is 58.3 Å². The summed E-state index contributed by atoms with van der Waals surface area (Å²) >= 11 is 0. The van der Waals surface area contributed by atoms with Crippen molar-refractivity contribution in [2.24, 2.45) is 0 Å². The fourth-order valence-electron chi connectivity index (χ4n) is 1.30. The van der Waals surface area contributed by atoms with Gasteiger partial charge in [0.1, 0.15) is 0 Å². The molecule has 2 N–H and O–H groups in total. The van der Waals surface area contributed by atoms with Gasteiger partial charge >= 0.3 is 0 Å². The fraction of sp³-hybridized carbons (Fsp3) is 0.900. The Labute approximate surface area is 109 Å². The van der Waals surface area contributed by atoms with Gasteiger partial charge in [-0.2, -0.15) is 0 Å². The Hall–Kier alpha value is 0.430. The van der Waals surface area contributed by atoms with E-state index in [-0.39, 0.29) is 35.5 Å². The summed E-state index contributed by atoms with van der Waals surface area (Å²) in [5.74, 6) is -0.270. The maximum absolute atomic E-state index is 10.6. The van der Waals surface area contributed by atoms with Crippen LogP contribution >= 0.6 is 0 Å². The van der Waals surface area contributed by atoms with Gasteiger partial charge in [0.05, 0.1) is 0 Å². The van der Waals surface area contributed by atoms with Gasteiger partial charge in [0, 0.05) is 36.0 Å². The second-order valence-corrected chi connectivity index (χ2v) is 3.41. The second-order valence-electron chi connectivity index (χ2n) is 3.41. The standard InChI is InChI=1S/C10H21NO2.Na/c1-2-3-4-5-6-7-8-9-10(12)11-13;/h13H,2-9H2,1H3,(H,11,12);. The predicted octanol–water partition coefficient (Wildman–Crippen LogP) is 2.25. The molecule has 0 bridgehead atoms. The van der Waals surface area contributed by atoms with Crippen molar-refractivity contribution in [1.29, 1.82) is 0 Å². The molecule has 0 unspecified atom stereocenters. The minimum atomic E-state index is -0.270. The van der Waals surface area contributed by atoms with Crippen molar-refractivity contribution in [3.05, 3.63) is 0 Å². The zero-order valence-corrected chi connectivity index (χ0v) is 11.5. The van der Waals surface area contributed by atoms with Crippen LogP contribution < -0.4 is 5.48 Å². The molecule has 0 aromatic carbocycles. The first-order valence-corrected chi connectivity index (χ1v) is 5.24. The molecule has 0 saturated carbocycles. The summed E-state index contributed by atoms with van der Waals surface area (Å²) < 4.78 is 0. The van der Waals surface area contributed by atoms with Crippen LogP contribution in [0.5, 0.6) is 0 Å². The van der Waals surface area contributed by atoms with Crippen molar-refractivity contribution in [1.82, 2.24) is 5.48 Å². The van der Waals surface area contributed by atoms with Crippen LogP contribution in [-0.4, -0.2) is 40.7 Å². The predicted molar refractivity (Wildman–Crippen MR) is 58.3 cm³/mol. The van der Waals surface area contributed by atoms with E-state index in [0.29, 0.717) is 6.42 Å². The smallest absolute Gasteiger partial charge is 0.243 e. The summed E-state index contributed by atoms with van der Waals surface area (Å²) in [5, 5.41) is 8.21.